The Hall–Kier alpha value is -4.00. The molecule has 2 aliphatic rings. The number of rotatable bonds is 3. The number of hydrogen-bond donors (Lipinski definition) is 0. The van der Waals surface area contributed by atoms with Crippen molar-refractivity contribution in [2.75, 3.05) is 0 Å². The van der Waals surface area contributed by atoms with E-state index in [0.29, 0.717) is 0 Å². The molecule has 0 aromatic heterocycles. The minimum Gasteiger partial charge on any atom is -0.0979 e. The Bertz CT molecular complexity index is 1540. The highest BCUT2D eigenvalue weighted by Gasteiger charge is 2.36. The first-order valence-corrected chi connectivity index (χ1v) is 13.8. The highest BCUT2D eigenvalue weighted by atomic mass is 14.4. The fraction of sp³-hybridized carbons (Fsp3) is 0.263. The summed E-state index contributed by atoms with van der Waals surface area (Å²) in [4.78, 5) is 0. The van der Waals surface area contributed by atoms with Crippen LogP contribution in [0.2, 0.25) is 0 Å². The highest BCUT2D eigenvalue weighted by Crippen LogP contribution is 2.49. The predicted octanol–water partition coefficient (Wildman–Crippen LogP) is 9.26. The molecule has 6 rings (SSSR count). The third-order valence-corrected chi connectivity index (χ3v) is 8.49. The molecule has 0 aliphatic heterocycles. The molecule has 38 heavy (non-hydrogen) atoms. The zero-order chi connectivity index (χ0) is 26.3. The molecular weight excluding hydrogens is 456 g/mol. The molecule has 0 atom stereocenters. The number of unbranched alkanes of at least 4 members (excludes halogenated alkanes) is 3. The fourth-order valence-electron chi connectivity index (χ4n) is 6.32. The smallest absolute Gasteiger partial charge is 0.0248 e. The molecule has 0 heteroatoms. The van der Waals surface area contributed by atoms with E-state index < -0.39 is 0 Å². The number of benzene rings is 4. The van der Waals surface area contributed by atoms with Crippen LogP contribution in [0.15, 0.2) is 84.9 Å². The largest absolute Gasteiger partial charge is 0.0979 e. The second-order valence-corrected chi connectivity index (χ2v) is 11.7. The normalized spacial score (nSPS) is 14.7. The lowest BCUT2D eigenvalue weighted by Gasteiger charge is -2.21. The Morgan fingerprint density at radius 3 is 1.32 bits per heavy atom. The van der Waals surface area contributed by atoms with E-state index in [9.17, 15) is 0 Å². The van der Waals surface area contributed by atoms with Gasteiger partial charge in [-0.1, -0.05) is 112 Å². The van der Waals surface area contributed by atoms with Gasteiger partial charge in [-0.05, 0) is 81.6 Å². The first-order chi connectivity index (χ1) is 18.4. The molecule has 4 aromatic rings. The standard InChI is InChI=1S/C38H34/c1-37(2)33-19-13-11-17-29(33)31-23-21-27(25-35(31)37)15-9-7-5-6-8-10-16-28-22-24-32-30-18-12-14-20-34(30)38(3,4)36(32)26-28/h11-14,17-26H,5-8H2,1-4H3. The van der Waals surface area contributed by atoms with Crippen LogP contribution in [0.4, 0.5) is 0 Å². The average molecular weight is 491 g/mol. The van der Waals surface area contributed by atoms with Crippen LogP contribution >= 0.6 is 0 Å². The van der Waals surface area contributed by atoms with Crippen LogP contribution in [0.25, 0.3) is 22.3 Å². The van der Waals surface area contributed by atoms with Gasteiger partial charge in [0.1, 0.15) is 0 Å². The minimum atomic E-state index is 0.0286. The Balaban J connectivity index is 1.04. The van der Waals surface area contributed by atoms with Crippen LogP contribution in [0.3, 0.4) is 0 Å². The van der Waals surface area contributed by atoms with Gasteiger partial charge in [-0.3, -0.25) is 0 Å². The number of hydrogen-bond acceptors (Lipinski definition) is 0. The molecule has 0 nitrogen and oxygen atoms in total. The second kappa shape index (κ2) is 9.39. The van der Waals surface area contributed by atoms with E-state index in [-0.39, 0.29) is 10.8 Å². The van der Waals surface area contributed by atoms with Gasteiger partial charge >= 0.3 is 0 Å². The van der Waals surface area contributed by atoms with Gasteiger partial charge in [-0.15, -0.1) is 0 Å². The second-order valence-electron chi connectivity index (χ2n) is 11.7. The van der Waals surface area contributed by atoms with Crippen molar-refractivity contribution in [1.29, 1.82) is 0 Å². The van der Waals surface area contributed by atoms with Crippen LogP contribution in [-0.4, -0.2) is 0 Å². The van der Waals surface area contributed by atoms with Crippen molar-refractivity contribution >= 4 is 0 Å². The molecular formula is C38H34. The van der Waals surface area contributed by atoms with Gasteiger partial charge < -0.3 is 0 Å². The van der Waals surface area contributed by atoms with E-state index >= 15 is 0 Å². The van der Waals surface area contributed by atoms with Crippen molar-refractivity contribution in [2.45, 2.75) is 64.2 Å². The van der Waals surface area contributed by atoms with Crippen LogP contribution in [0.1, 0.15) is 86.8 Å². The van der Waals surface area contributed by atoms with Crippen molar-refractivity contribution in [1.82, 2.24) is 0 Å². The van der Waals surface area contributed by atoms with Crippen LogP contribution < -0.4 is 0 Å². The maximum atomic E-state index is 3.41. The van der Waals surface area contributed by atoms with Crippen molar-refractivity contribution in [2.24, 2.45) is 0 Å². The lowest BCUT2D eigenvalue weighted by Crippen LogP contribution is -2.14. The molecule has 2 aliphatic carbocycles. The van der Waals surface area contributed by atoms with Crippen molar-refractivity contribution in [3.8, 4) is 45.9 Å². The maximum absolute atomic E-state index is 3.41. The predicted molar refractivity (Wildman–Crippen MR) is 160 cm³/mol. The number of fused-ring (bicyclic) bond motifs is 6. The quantitative estimate of drug-likeness (QED) is 0.198. The monoisotopic (exact) mass is 490 g/mol. The Morgan fingerprint density at radius 1 is 0.474 bits per heavy atom. The molecule has 0 N–H and O–H groups in total. The van der Waals surface area contributed by atoms with E-state index in [4.69, 9.17) is 0 Å². The van der Waals surface area contributed by atoms with E-state index in [1.807, 2.05) is 0 Å². The van der Waals surface area contributed by atoms with E-state index in [2.05, 4.69) is 136 Å². The maximum Gasteiger partial charge on any atom is 0.0248 e. The lowest BCUT2D eigenvalue weighted by molar-refractivity contribution is 0.660. The summed E-state index contributed by atoms with van der Waals surface area (Å²) < 4.78 is 0. The molecule has 0 saturated carbocycles. The van der Waals surface area contributed by atoms with Crippen LogP contribution in [-0.2, 0) is 10.8 Å². The molecule has 0 amide bonds. The Kier molecular flexibility index (Phi) is 6.01. The molecule has 186 valence electrons. The van der Waals surface area contributed by atoms with Gasteiger partial charge in [0, 0.05) is 34.8 Å². The highest BCUT2D eigenvalue weighted by molar-refractivity contribution is 5.82. The van der Waals surface area contributed by atoms with E-state index in [0.717, 1.165) is 36.8 Å². The first-order valence-electron chi connectivity index (χ1n) is 13.8. The topological polar surface area (TPSA) is 0 Å². The zero-order valence-corrected chi connectivity index (χ0v) is 22.9. The first kappa shape index (κ1) is 24.3. The minimum absolute atomic E-state index is 0.0286. The van der Waals surface area contributed by atoms with Crippen molar-refractivity contribution < 1.29 is 0 Å². The lowest BCUT2D eigenvalue weighted by atomic mass is 9.82. The summed E-state index contributed by atoms with van der Waals surface area (Å²) in [7, 11) is 0. The van der Waals surface area contributed by atoms with Crippen molar-refractivity contribution in [3.05, 3.63) is 118 Å². The summed E-state index contributed by atoms with van der Waals surface area (Å²) in [6, 6.07) is 31.0. The summed E-state index contributed by atoms with van der Waals surface area (Å²) in [6.45, 7) is 9.27. The van der Waals surface area contributed by atoms with Gasteiger partial charge in [0.05, 0.1) is 0 Å². The van der Waals surface area contributed by atoms with E-state index in [1.54, 1.807) is 0 Å². The molecule has 4 aromatic carbocycles. The summed E-state index contributed by atoms with van der Waals surface area (Å²) in [6.07, 6.45) is 3.98. The Morgan fingerprint density at radius 2 is 0.868 bits per heavy atom. The molecule has 0 fully saturated rings. The fourth-order valence-corrected chi connectivity index (χ4v) is 6.32. The SMILES string of the molecule is CC1(C)c2ccccc2-c2ccc(C#CCCCCC#Cc3ccc4c(c3)C(C)(C)c3ccccc3-4)cc21. The summed E-state index contributed by atoms with van der Waals surface area (Å²) in [5.41, 5.74) is 13.3. The average Bonchev–Trinajstić information content (AvgIpc) is 3.30. The zero-order valence-electron chi connectivity index (χ0n) is 22.9. The molecule has 0 unspecified atom stereocenters. The van der Waals surface area contributed by atoms with Crippen LogP contribution in [0.5, 0.6) is 0 Å². The van der Waals surface area contributed by atoms with Crippen LogP contribution in [0, 0.1) is 23.7 Å². The van der Waals surface area contributed by atoms with E-state index in [1.165, 1.54) is 44.5 Å². The van der Waals surface area contributed by atoms with Crippen molar-refractivity contribution in [3.63, 3.8) is 0 Å². The summed E-state index contributed by atoms with van der Waals surface area (Å²) >= 11 is 0. The molecule has 0 spiro atoms. The Labute approximate surface area is 228 Å². The molecule has 0 radical (unpaired) electrons. The van der Waals surface area contributed by atoms with Gasteiger partial charge in [-0.2, -0.15) is 0 Å². The van der Waals surface area contributed by atoms with Gasteiger partial charge in [0.2, 0.25) is 0 Å². The summed E-state index contributed by atoms with van der Waals surface area (Å²) in [5, 5.41) is 0. The van der Waals surface area contributed by atoms with Gasteiger partial charge in [0.25, 0.3) is 0 Å². The molecule has 0 bridgehead atoms. The van der Waals surface area contributed by atoms with Gasteiger partial charge in [-0.25, -0.2) is 0 Å². The summed E-state index contributed by atoms with van der Waals surface area (Å²) in [5.74, 6) is 13.6. The molecule has 0 heterocycles. The third kappa shape index (κ3) is 4.06. The third-order valence-electron chi connectivity index (χ3n) is 8.49. The molecule has 0 saturated heterocycles. The van der Waals surface area contributed by atoms with Gasteiger partial charge in [0.15, 0.2) is 0 Å².